The van der Waals surface area contributed by atoms with E-state index in [9.17, 15) is 14.0 Å². The fraction of sp³-hybridized carbons (Fsp3) is 0.174. The molecule has 0 bridgehead atoms. The molecule has 10 heteroatoms. The number of rotatable bonds is 6. The standard InChI is InChI=1S/C23H22FIN4O4/c1-23(2,3)33-22(31)28-14-5-4-6-15(10-14)32-19-12-27-11-18(20(19)21(26)30)29-17-8-7-13(25)9-16(17)24/h4-12,29H,1-3H3,(H2,26,30)(H,28,31). The van der Waals surface area contributed by atoms with Crippen LogP contribution in [0, 0.1) is 9.39 Å². The fourth-order valence-electron chi connectivity index (χ4n) is 2.79. The minimum Gasteiger partial charge on any atom is -0.455 e. The van der Waals surface area contributed by atoms with Crippen LogP contribution in [-0.2, 0) is 4.74 Å². The molecular weight excluding hydrogens is 542 g/mol. The monoisotopic (exact) mass is 564 g/mol. The number of nitrogens with zero attached hydrogens (tertiary/aromatic N) is 1. The van der Waals surface area contributed by atoms with Gasteiger partial charge >= 0.3 is 6.09 Å². The van der Waals surface area contributed by atoms with Gasteiger partial charge in [0.1, 0.15) is 22.7 Å². The normalized spacial score (nSPS) is 10.9. The van der Waals surface area contributed by atoms with Crippen LogP contribution in [0.1, 0.15) is 31.1 Å². The third-order valence-electron chi connectivity index (χ3n) is 4.07. The summed E-state index contributed by atoms with van der Waals surface area (Å²) in [6.07, 6.45) is 2.05. The molecule has 0 spiro atoms. The highest BCUT2D eigenvalue weighted by Gasteiger charge is 2.19. The van der Waals surface area contributed by atoms with Crippen LogP contribution in [0.5, 0.6) is 11.5 Å². The lowest BCUT2D eigenvalue weighted by Gasteiger charge is -2.20. The van der Waals surface area contributed by atoms with E-state index < -0.39 is 23.4 Å². The van der Waals surface area contributed by atoms with Gasteiger partial charge in [0.05, 0.1) is 23.8 Å². The molecule has 1 heterocycles. The number of primary amides is 1. The Morgan fingerprint density at radius 3 is 2.52 bits per heavy atom. The molecular formula is C23H22FIN4O4. The maximum absolute atomic E-state index is 14.3. The summed E-state index contributed by atoms with van der Waals surface area (Å²) in [6, 6.07) is 11.1. The smallest absolute Gasteiger partial charge is 0.412 e. The number of nitrogens with two attached hydrogens (primary N) is 1. The number of aromatic nitrogens is 1. The average molecular weight is 564 g/mol. The van der Waals surface area contributed by atoms with E-state index in [4.69, 9.17) is 15.2 Å². The van der Waals surface area contributed by atoms with Gasteiger partial charge in [0.15, 0.2) is 5.75 Å². The Kier molecular flexibility index (Phi) is 7.36. The molecule has 4 N–H and O–H groups in total. The van der Waals surface area contributed by atoms with Crippen LogP contribution < -0.4 is 21.1 Å². The summed E-state index contributed by atoms with van der Waals surface area (Å²) in [6.45, 7) is 5.27. The molecule has 8 nitrogen and oxygen atoms in total. The van der Waals surface area contributed by atoms with Gasteiger partial charge in [0.25, 0.3) is 5.91 Å². The maximum atomic E-state index is 14.3. The SMILES string of the molecule is CC(C)(C)OC(=O)Nc1cccc(Oc2cncc(Nc3ccc(I)cc3F)c2C(N)=O)c1. The Morgan fingerprint density at radius 1 is 1.09 bits per heavy atom. The fourth-order valence-corrected chi connectivity index (χ4v) is 3.24. The van der Waals surface area contributed by atoms with Gasteiger partial charge in [-0.25, -0.2) is 9.18 Å². The van der Waals surface area contributed by atoms with Gasteiger partial charge in [-0.2, -0.15) is 0 Å². The molecule has 1 aromatic heterocycles. The van der Waals surface area contributed by atoms with E-state index in [1.54, 1.807) is 57.2 Å². The number of ether oxygens (including phenoxy) is 2. The molecule has 172 valence electrons. The number of hydrogen-bond donors (Lipinski definition) is 3. The van der Waals surface area contributed by atoms with E-state index in [1.807, 2.05) is 22.6 Å². The van der Waals surface area contributed by atoms with E-state index in [2.05, 4.69) is 15.6 Å². The Hall–Kier alpha value is -3.41. The Balaban J connectivity index is 1.86. The molecule has 0 saturated heterocycles. The summed E-state index contributed by atoms with van der Waals surface area (Å²) in [5.74, 6) is -0.910. The molecule has 2 amide bonds. The zero-order chi connectivity index (χ0) is 24.2. The highest BCUT2D eigenvalue weighted by atomic mass is 127. The Bertz CT molecular complexity index is 1200. The van der Waals surface area contributed by atoms with Gasteiger partial charge in [-0.1, -0.05) is 6.07 Å². The third kappa shape index (κ3) is 6.78. The van der Waals surface area contributed by atoms with Gasteiger partial charge < -0.3 is 20.5 Å². The van der Waals surface area contributed by atoms with Gasteiger partial charge in [0, 0.05) is 15.3 Å². The van der Waals surface area contributed by atoms with E-state index in [-0.39, 0.29) is 22.7 Å². The van der Waals surface area contributed by atoms with Gasteiger partial charge in [-0.15, -0.1) is 0 Å². The summed E-state index contributed by atoms with van der Waals surface area (Å²) < 4.78 is 26.1. The minimum atomic E-state index is -0.788. The molecule has 3 rings (SSSR count). The molecule has 0 atom stereocenters. The van der Waals surface area contributed by atoms with Crippen LogP contribution in [0.25, 0.3) is 0 Å². The highest BCUT2D eigenvalue weighted by Crippen LogP contribution is 2.32. The molecule has 0 aliphatic carbocycles. The zero-order valence-corrected chi connectivity index (χ0v) is 20.3. The average Bonchev–Trinajstić information content (AvgIpc) is 2.69. The second-order valence-electron chi connectivity index (χ2n) is 7.93. The van der Waals surface area contributed by atoms with Crippen LogP contribution in [0.4, 0.5) is 26.2 Å². The van der Waals surface area contributed by atoms with E-state index in [0.29, 0.717) is 11.4 Å². The predicted molar refractivity (Wildman–Crippen MR) is 132 cm³/mol. The lowest BCUT2D eigenvalue weighted by molar-refractivity contribution is 0.0635. The van der Waals surface area contributed by atoms with Gasteiger partial charge in [-0.05, 0) is 73.7 Å². The van der Waals surface area contributed by atoms with Crippen LogP contribution >= 0.6 is 22.6 Å². The number of benzene rings is 2. The molecule has 0 aliphatic rings. The highest BCUT2D eigenvalue weighted by molar-refractivity contribution is 14.1. The molecule has 0 aliphatic heterocycles. The summed E-state index contributed by atoms with van der Waals surface area (Å²) in [7, 11) is 0. The summed E-state index contributed by atoms with van der Waals surface area (Å²) in [4.78, 5) is 28.3. The molecule has 33 heavy (non-hydrogen) atoms. The lowest BCUT2D eigenvalue weighted by Crippen LogP contribution is -2.27. The number of anilines is 3. The largest absolute Gasteiger partial charge is 0.455 e. The number of carbonyl (C=O) groups excluding carboxylic acids is 2. The van der Waals surface area contributed by atoms with Crippen molar-refractivity contribution in [2.45, 2.75) is 26.4 Å². The van der Waals surface area contributed by atoms with E-state index >= 15 is 0 Å². The topological polar surface area (TPSA) is 116 Å². The predicted octanol–water partition coefficient (Wildman–Crippen LogP) is 5.81. The zero-order valence-electron chi connectivity index (χ0n) is 18.1. The van der Waals surface area contributed by atoms with Crippen molar-refractivity contribution in [3.63, 3.8) is 0 Å². The maximum Gasteiger partial charge on any atom is 0.412 e. The molecule has 3 aromatic rings. The number of hydrogen-bond acceptors (Lipinski definition) is 6. The second-order valence-corrected chi connectivity index (χ2v) is 9.18. The van der Waals surface area contributed by atoms with E-state index in [1.165, 1.54) is 18.5 Å². The molecule has 2 aromatic carbocycles. The summed E-state index contributed by atoms with van der Waals surface area (Å²) in [5.41, 5.74) is 5.69. The lowest BCUT2D eigenvalue weighted by atomic mass is 10.2. The first-order valence-electron chi connectivity index (χ1n) is 9.79. The Morgan fingerprint density at radius 2 is 1.85 bits per heavy atom. The molecule has 0 unspecified atom stereocenters. The molecule has 0 saturated carbocycles. The minimum absolute atomic E-state index is 0.00606. The first-order valence-corrected chi connectivity index (χ1v) is 10.9. The van der Waals surface area contributed by atoms with Gasteiger partial charge in [-0.3, -0.25) is 15.1 Å². The van der Waals surface area contributed by atoms with Crippen molar-refractivity contribution in [2.24, 2.45) is 5.73 Å². The van der Waals surface area contributed by atoms with Gasteiger partial charge in [0.2, 0.25) is 0 Å². The summed E-state index contributed by atoms with van der Waals surface area (Å²) >= 11 is 2.00. The number of pyridine rings is 1. The number of amides is 2. The van der Waals surface area contributed by atoms with Crippen LogP contribution in [0.3, 0.4) is 0 Å². The quantitative estimate of drug-likeness (QED) is 0.326. The van der Waals surface area contributed by atoms with Crippen LogP contribution in [-0.4, -0.2) is 22.6 Å². The second kappa shape index (κ2) is 10.0. The van der Waals surface area contributed by atoms with E-state index in [0.717, 1.165) is 3.57 Å². The van der Waals surface area contributed by atoms with Crippen molar-refractivity contribution < 1.29 is 23.5 Å². The van der Waals surface area contributed by atoms with Crippen molar-refractivity contribution in [1.82, 2.24) is 4.98 Å². The van der Waals surface area contributed by atoms with Crippen LogP contribution in [0.2, 0.25) is 0 Å². The van der Waals surface area contributed by atoms with Crippen LogP contribution in [0.15, 0.2) is 54.9 Å². The number of halogens is 2. The third-order valence-corrected chi connectivity index (χ3v) is 4.74. The Labute approximate surface area is 203 Å². The molecule has 0 fully saturated rings. The van der Waals surface area contributed by atoms with Crippen molar-refractivity contribution in [1.29, 1.82) is 0 Å². The van der Waals surface area contributed by atoms with Crippen molar-refractivity contribution in [3.05, 3.63) is 69.8 Å². The first kappa shape index (κ1) is 24.2. The van der Waals surface area contributed by atoms with Crippen molar-refractivity contribution >= 4 is 51.7 Å². The van der Waals surface area contributed by atoms with Crippen molar-refractivity contribution in [3.8, 4) is 11.5 Å². The number of carbonyl (C=O) groups is 2. The number of nitrogens with one attached hydrogen (secondary N) is 2. The molecule has 0 radical (unpaired) electrons. The first-order chi connectivity index (χ1) is 15.5. The summed E-state index contributed by atoms with van der Waals surface area (Å²) in [5, 5.41) is 5.45. The van der Waals surface area contributed by atoms with Crippen molar-refractivity contribution in [2.75, 3.05) is 10.6 Å².